The molecule has 0 bridgehead atoms. The van der Waals surface area contributed by atoms with Gasteiger partial charge in [0.2, 0.25) is 0 Å². The zero-order valence-electron chi connectivity index (χ0n) is 13.2. The summed E-state index contributed by atoms with van der Waals surface area (Å²) in [5.41, 5.74) is -0.557. The van der Waals surface area contributed by atoms with Crippen LogP contribution >= 0.6 is 15.9 Å². The Morgan fingerprint density at radius 2 is 2.46 bits per heavy atom. The van der Waals surface area contributed by atoms with Crippen molar-refractivity contribution < 1.29 is 9.60 Å². The molecule has 0 saturated carbocycles. The molecule has 2 aromatic rings. The van der Waals surface area contributed by atoms with Crippen molar-refractivity contribution in [2.45, 2.75) is 6.85 Å². The van der Waals surface area contributed by atoms with Gasteiger partial charge in [-0.1, -0.05) is 0 Å². The Balaban J connectivity index is 2.72. The molecule has 5 heteroatoms. The van der Waals surface area contributed by atoms with E-state index in [9.17, 15) is 0 Å². The van der Waals surface area contributed by atoms with Crippen LogP contribution in [-0.4, -0.2) is 19.7 Å². The fourth-order valence-corrected chi connectivity index (χ4v) is 0.884. The molecule has 0 aromatic carbocycles. The molecule has 13 heavy (non-hydrogen) atoms. The number of aromatic nitrogens is 4. The SMILES string of the molecule is [2H]c1c(Br)nnc(-n2c([2H])nc(C([2H])([2H])[2H])c2[2H])c1[2H]. The minimum absolute atomic E-state index is 0.0421. The van der Waals surface area contributed by atoms with Gasteiger partial charge in [0, 0.05) is 10.3 Å². The second kappa shape index (κ2) is 3.26. The molecule has 2 rings (SSSR count). The molecule has 0 atom stereocenters. The third kappa shape index (κ3) is 1.75. The van der Waals surface area contributed by atoms with Gasteiger partial charge in [0.1, 0.15) is 12.3 Å². The first-order valence-electron chi connectivity index (χ1n) is 6.70. The quantitative estimate of drug-likeness (QED) is 0.769. The van der Waals surface area contributed by atoms with Crippen LogP contribution in [0.5, 0.6) is 0 Å². The van der Waals surface area contributed by atoms with Crippen LogP contribution in [0.25, 0.3) is 5.82 Å². The highest BCUT2D eigenvalue weighted by atomic mass is 79.9. The standard InChI is InChI=1S/C8H7BrN4/c1-6-4-13(5-10-6)8-3-2-7(9)11-12-8/h2-5H,1H3/i1D3,2D,3D,4D,5D. The zero-order chi connectivity index (χ0) is 15.2. The monoisotopic (exact) mass is 245 g/mol. The summed E-state index contributed by atoms with van der Waals surface area (Å²) in [5.74, 6) is -0.281. The highest BCUT2D eigenvalue weighted by Crippen LogP contribution is 2.07. The van der Waals surface area contributed by atoms with E-state index in [-0.39, 0.29) is 22.5 Å². The van der Waals surface area contributed by atoms with Gasteiger partial charge in [-0.05, 0) is 34.9 Å². The fraction of sp³-hybridized carbons (Fsp3) is 0.125. The van der Waals surface area contributed by atoms with Gasteiger partial charge in [-0.2, -0.15) is 0 Å². The molecule has 0 aliphatic heterocycles. The summed E-state index contributed by atoms with van der Waals surface area (Å²) in [6.07, 6.45) is -1.12. The van der Waals surface area contributed by atoms with E-state index in [2.05, 4.69) is 31.1 Å². The van der Waals surface area contributed by atoms with Crippen molar-refractivity contribution in [1.29, 1.82) is 0 Å². The number of aryl methyl sites for hydroxylation is 1. The summed E-state index contributed by atoms with van der Waals surface area (Å²) in [4.78, 5) is 3.51. The molecule has 0 saturated heterocycles. The lowest BCUT2D eigenvalue weighted by Crippen LogP contribution is -1.95. The van der Waals surface area contributed by atoms with Crippen molar-refractivity contribution in [1.82, 2.24) is 19.7 Å². The summed E-state index contributed by atoms with van der Waals surface area (Å²) >= 11 is 2.94. The van der Waals surface area contributed by atoms with E-state index in [0.29, 0.717) is 0 Å². The Labute approximate surface area is 93.6 Å². The number of nitrogens with zero attached hydrogens (tertiary/aromatic N) is 4. The average Bonchev–Trinajstić information content (AvgIpc) is 2.63. The van der Waals surface area contributed by atoms with Gasteiger partial charge in [-0.25, -0.2) is 4.98 Å². The van der Waals surface area contributed by atoms with E-state index < -0.39 is 25.0 Å². The van der Waals surface area contributed by atoms with Gasteiger partial charge in [0.05, 0.1) is 9.81 Å². The average molecular weight is 246 g/mol. The fourth-order valence-electron chi connectivity index (χ4n) is 0.706. The Morgan fingerprint density at radius 1 is 1.54 bits per heavy atom. The smallest absolute Gasteiger partial charge is 0.160 e. The van der Waals surface area contributed by atoms with Crippen molar-refractivity contribution in [2.24, 2.45) is 0 Å². The van der Waals surface area contributed by atoms with Gasteiger partial charge >= 0.3 is 0 Å². The zero-order valence-corrected chi connectivity index (χ0v) is 7.75. The predicted molar refractivity (Wildman–Crippen MR) is 51.6 cm³/mol. The number of hydrogen-bond acceptors (Lipinski definition) is 3. The molecule has 0 N–H and O–H groups in total. The van der Waals surface area contributed by atoms with Crippen LogP contribution in [0.15, 0.2) is 29.2 Å². The highest BCUT2D eigenvalue weighted by Gasteiger charge is 1.98. The molecule has 0 aliphatic carbocycles. The van der Waals surface area contributed by atoms with Gasteiger partial charge in [-0.15, -0.1) is 10.2 Å². The van der Waals surface area contributed by atoms with Gasteiger partial charge in [0.15, 0.2) is 5.82 Å². The largest absolute Gasteiger partial charge is 0.289 e. The molecular weight excluding hydrogens is 232 g/mol. The normalized spacial score (nSPS) is 19.0. The molecule has 4 nitrogen and oxygen atoms in total. The Kier molecular flexibility index (Phi) is 0.875. The lowest BCUT2D eigenvalue weighted by molar-refractivity contribution is 0.900. The first-order valence-corrected chi connectivity index (χ1v) is 4.00. The maximum atomic E-state index is 7.78. The summed E-state index contributed by atoms with van der Waals surface area (Å²) in [6, 6.07) is -0.665. The highest BCUT2D eigenvalue weighted by molar-refractivity contribution is 9.10. The van der Waals surface area contributed by atoms with E-state index in [1.165, 1.54) is 0 Å². The van der Waals surface area contributed by atoms with E-state index in [0.717, 1.165) is 4.57 Å². The van der Waals surface area contributed by atoms with Gasteiger partial charge in [-0.3, -0.25) is 4.57 Å². The first-order chi connectivity index (χ1) is 9.14. The number of hydrogen-bond donors (Lipinski definition) is 0. The second-order valence-electron chi connectivity index (χ2n) is 2.07. The molecule has 0 aliphatic rings. The molecule has 0 fully saturated rings. The summed E-state index contributed by atoms with van der Waals surface area (Å²) < 4.78 is 53.3. The molecule has 0 spiro atoms. The Hall–Kier alpha value is -1.23. The van der Waals surface area contributed by atoms with Crippen LogP contribution in [0.4, 0.5) is 0 Å². The van der Waals surface area contributed by atoms with Crippen molar-refractivity contribution in [3.63, 3.8) is 0 Å². The summed E-state index contributed by atoms with van der Waals surface area (Å²) in [7, 11) is 0. The van der Waals surface area contributed by atoms with Gasteiger partial charge in [0.25, 0.3) is 0 Å². The van der Waals surface area contributed by atoms with E-state index in [1.54, 1.807) is 0 Å². The number of halogens is 1. The molecule has 2 heterocycles. The van der Waals surface area contributed by atoms with Crippen LogP contribution in [0.3, 0.4) is 0 Å². The topological polar surface area (TPSA) is 43.6 Å². The lowest BCUT2D eigenvalue weighted by Gasteiger charge is -1.97. The second-order valence-corrected chi connectivity index (χ2v) is 2.82. The van der Waals surface area contributed by atoms with Crippen molar-refractivity contribution in [2.75, 3.05) is 0 Å². The van der Waals surface area contributed by atoms with Crippen LogP contribution in [0.2, 0.25) is 0 Å². The van der Waals surface area contributed by atoms with Gasteiger partial charge < -0.3 is 0 Å². The van der Waals surface area contributed by atoms with Crippen LogP contribution < -0.4 is 0 Å². The van der Waals surface area contributed by atoms with Crippen LogP contribution in [0.1, 0.15) is 15.3 Å². The predicted octanol–water partition coefficient (Wildman–Crippen LogP) is 1.73. The number of imidazole rings is 1. The molecule has 66 valence electrons. The molecule has 0 radical (unpaired) electrons. The summed E-state index contributed by atoms with van der Waals surface area (Å²) in [5, 5.41) is 7.19. The molecule has 2 aromatic heterocycles. The van der Waals surface area contributed by atoms with Crippen LogP contribution in [0, 0.1) is 6.85 Å². The minimum Gasteiger partial charge on any atom is -0.289 e. The van der Waals surface area contributed by atoms with Crippen molar-refractivity contribution >= 4 is 15.9 Å². The Morgan fingerprint density at radius 3 is 3.23 bits per heavy atom. The number of rotatable bonds is 1. The third-order valence-electron chi connectivity index (χ3n) is 1.20. The van der Waals surface area contributed by atoms with Crippen LogP contribution in [-0.2, 0) is 0 Å². The minimum atomic E-state index is -2.65. The molecule has 0 amide bonds. The van der Waals surface area contributed by atoms with E-state index in [4.69, 9.17) is 9.60 Å². The van der Waals surface area contributed by atoms with E-state index in [1.807, 2.05) is 0 Å². The maximum Gasteiger partial charge on any atom is 0.160 e. The third-order valence-corrected chi connectivity index (χ3v) is 1.56. The summed E-state index contributed by atoms with van der Waals surface area (Å²) in [6.45, 7) is -2.65. The van der Waals surface area contributed by atoms with Crippen molar-refractivity contribution in [3.8, 4) is 5.82 Å². The lowest BCUT2D eigenvalue weighted by atomic mass is 10.5. The first kappa shape index (κ1) is 3.49. The van der Waals surface area contributed by atoms with Crippen molar-refractivity contribution in [3.05, 3.63) is 34.9 Å². The molecular formula is C8H7BrN4. The maximum absolute atomic E-state index is 7.78. The van der Waals surface area contributed by atoms with E-state index >= 15 is 0 Å². The molecule has 0 unspecified atom stereocenters. The Bertz CT molecular complexity index is 680.